The fourth-order valence-electron chi connectivity index (χ4n) is 3.43. The number of benzene rings is 1. The van der Waals surface area contributed by atoms with Gasteiger partial charge in [-0.1, -0.05) is 44.1 Å². The molecule has 5 heteroatoms. The van der Waals surface area contributed by atoms with Crippen LogP contribution in [-0.4, -0.2) is 23.5 Å². The molecular weight excluding hydrogens is 330 g/mol. The van der Waals surface area contributed by atoms with Crippen molar-refractivity contribution in [2.24, 2.45) is 11.7 Å². The van der Waals surface area contributed by atoms with Crippen LogP contribution >= 0.6 is 11.3 Å². The second-order valence-corrected chi connectivity index (χ2v) is 7.82. The van der Waals surface area contributed by atoms with Crippen LogP contribution in [0.4, 0.5) is 0 Å². The van der Waals surface area contributed by atoms with Gasteiger partial charge in [0, 0.05) is 18.5 Å². The second-order valence-electron chi connectivity index (χ2n) is 6.76. The minimum atomic E-state index is -0.0544. The number of hydrogen-bond donors (Lipinski definition) is 2. The summed E-state index contributed by atoms with van der Waals surface area (Å²) < 4.78 is 1.19. The molecule has 1 aliphatic carbocycles. The molecule has 3 N–H and O–H groups in total. The van der Waals surface area contributed by atoms with Crippen LogP contribution in [0.1, 0.15) is 50.0 Å². The Morgan fingerprint density at radius 1 is 1.36 bits per heavy atom. The summed E-state index contributed by atoms with van der Waals surface area (Å²) in [6.45, 7) is 2.66. The molecule has 1 aliphatic rings. The van der Waals surface area contributed by atoms with Crippen molar-refractivity contribution in [2.45, 2.75) is 51.0 Å². The van der Waals surface area contributed by atoms with Crippen LogP contribution in [-0.2, 0) is 4.79 Å². The van der Waals surface area contributed by atoms with E-state index in [1.54, 1.807) is 11.3 Å². The number of carbonyl (C=O) groups excluding carboxylic acids is 1. The standard InChI is InChI=1S/C20H27N3OS/c1-2-3-8-14(13-21)22-19(24)15-9-4-5-10-16(15)20-23-17-11-6-7-12-18(17)25-20/h4-7,11-12,14-16H,2-3,8-10,13,21H2,1H3,(H,22,24). The molecule has 0 spiro atoms. The van der Waals surface area contributed by atoms with Crippen LogP contribution in [0.2, 0.25) is 0 Å². The molecule has 1 amide bonds. The summed E-state index contributed by atoms with van der Waals surface area (Å²) in [6.07, 6.45) is 9.11. The predicted molar refractivity (Wildman–Crippen MR) is 105 cm³/mol. The number of aromatic nitrogens is 1. The molecule has 4 nitrogen and oxygen atoms in total. The van der Waals surface area contributed by atoms with E-state index < -0.39 is 0 Å². The van der Waals surface area contributed by atoms with Gasteiger partial charge in [-0.15, -0.1) is 11.3 Å². The Hall–Kier alpha value is -1.72. The topological polar surface area (TPSA) is 68.0 Å². The van der Waals surface area contributed by atoms with E-state index in [0.29, 0.717) is 6.54 Å². The van der Waals surface area contributed by atoms with E-state index in [1.807, 2.05) is 18.2 Å². The second kappa shape index (κ2) is 8.59. The number of hydrogen-bond acceptors (Lipinski definition) is 4. The van der Waals surface area contributed by atoms with Gasteiger partial charge in [0.15, 0.2) is 0 Å². The van der Waals surface area contributed by atoms with Crippen molar-refractivity contribution in [3.63, 3.8) is 0 Å². The third-order valence-corrected chi connectivity index (χ3v) is 6.10. The molecule has 0 fully saturated rings. The molecule has 1 aromatic heterocycles. The Bertz CT molecular complexity index is 706. The summed E-state index contributed by atoms with van der Waals surface area (Å²) in [5, 5.41) is 4.26. The normalized spacial score (nSPS) is 21.4. The van der Waals surface area contributed by atoms with Crippen LogP contribution in [0, 0.1) is 5.92 Å². The zero-order chi connectivity index (χ0) is 17.6. The largest absolute Gasteiger partial charge is 0.352 e. The molecule has 0 saturated carbocycles. The van der Waals surface area contributed by atoms with Gasteiger partial charge in [0.2, 0.25) is 5.91 Å². The molecular formula is C20H27N3OS. The Balaban J connectivity index is 1.76. The third-order valence-electron chi connectivity index (χ3n) is 4.93. The SMILES string of the molecule is CCCCC(CN)NC(=O)C1CC=CCC1c1nc2ccccc2s1. The Morgan fingerprint density at radius 3 is 2.92 bits per heavy atom. The van der Waals surface area contributed by atoms with Crippen LogP contribution < -0.4 is 11.1 Å². The zero-order valence-corrected chi connectivity index (χ0v) is 15.6. The first-order chi connectivity index (χ1) is 12.2. The predicted octanol–water partition coefficient (Wildman–Crippen LogP) is 3.98. The van der Waals surface area contributed by atoms with Crippen molar-refractivity contribution < 1.29 is 4.79 Å². The number of carbonyl (C=O) groups is 1. The number of unbranched alkanes of at least 4 members (excludes halogenated alkanes) is 1. The third kappa shape index (κ3) is 4.28. The first-order valence-corrected chi connectivity index (χ1v) is 10.1. The maximum Gasteiger partial charge on any atom is 0.224 e. The van der Waals surface area contributed by atoms with Crippen molar-refractivity contribution in [2.75, 3.05) is 6.54 Å². The number of para-hydroxylation sites is 1. The highest BCUT2D eigenvalue weighted by Crippen LogP contribution is 2.38. The maximum atomic E-state index is 12.9. The van der Waals surface area contributed by atoms with Crippen molar-refractivity contribution in [1.82, 2.24) is 10.3 Å². The van der Waals surface area contributed by atoms with Crippen molar-refractivity contribution in [3.05, 3.63) is 41.4 Å². The van der Waals surface area contributed by atoms with Crippen molar-refractivity contribution >= 4 is 27.5 Å². The van der Waals surface area contributed by atoms with Crippen LogP contribution in [0.15, 0.2) is 36.4 Å². The zero-order valence-electron chi connectivity index (χ0n) is 14.8. The number of fused-ring (bicyclic) bond motifs is 1. The molecule has 3 unspecified atom stereocenters. The smallest absolute Gasteiger partial charge is 0.224 e. The van der Waals surface area contributed by atoms with Gasteiger partial charge in [-0.05, 0) is 31.4 Å². The molecule has 0 aliphatic heterocycles. The number of rotatable bonds is 7. The van der Waals surface area contributed by atoms with E-state index in [9.17, 15) is 4.79 Å². The van der Waals surface area contributed by atoms with Crippen LogP contribution in [0.3, 0.4) is 0 Å². The number of nitrogens with zero attached hydrogens (tertiary/aromatic N) is 1. The quantitative estimate of drug-likeness (QED) is 0.737. The summed E-state index contributed by atoms with van der Waals surface area (Å²) in [4.78, 5) is 17.7. The van der Waals surface area contributed by atoms with Crippen LogP contribution in [0.5, 0.6) is 0 Å². The molecule has 25 heavy (non-hydrogen) atoms. The van der Waals surface area contributed by atoms with E-state index in [-0.39, 0.29) is 23.8 Å². The summed E-state index contributed by atoms with van der Waals surface area (Å²) in [6, 6.07) is 8.26. The van der Waals surface area contributed by atoms with Gasteiger partial charge in [-0.25, -0.2) is 4.98 Å². The number of amides is 1. The van der Waals surface area contributed by atoms with E-state index in [0.717, 1.165) is 42.6 Å². The van der Waals surface area contributed by atoms with E-state index in [4.69, 9.17) is 10.7 Å². The lowest BCUT2D eigenvalue weighted by Gasteiger charge is -2.28. The average molecular weight is 358 g/mol. The lowest BCUT2D eigenvalue weighted by atomic mass is 9.82. The number of allylic oxidation sites excluding steroid dienone is 2. The molecule has 3 rings (SSSR count). The first-order valence-electron chi connectivity index (χ1n) is 9.23. The minimum absolute atomic E-state index is 0.0544. The fraction of sp³-hybridized carbons (Fsp3) is 0.500. The molecule has 2 aromatic rings. The summed E-state index contributed by atoms with van der Waals surface area (Å²) in [7, 11) is 0. The molecule has 134 valence electrons. The molecule has 0 bridgehead atoms. The highest BCUT2D eigenvalue weighted by molar-refractivity contribution is 7.18. The maximum absolute atomic E-state index is 12.9. The summed E-state index contributed by atoms with van der Waals surface area (Å²) >= 11 is 1.71. The average Bonchev–Trinajstić information content (AvgIpc) is 3.09. The summed E-state index contributed by atoms with van der Waals surface area (Å²) in [5.74, 6) is 0.230. The van der Waals surface area contributed by atoms with Gasteiger partial charge >= 0.3 is 0 Å². The number of nitrogens with two attached hydrogens (primary N) is 1. The van der Waals surface area contributed by atoms with Gasteiger partial charge < -0.3 is 11.1 Å². The number of nitrogens with one attached hydrogen (secondary N) is 1. The van der Waals surface area contributed by atoms with Gasteiger partial charge in [-0.2, -0.15) is 0 Å². The van der Waals surface area contributed by atoms with Gasteiger partial charge in [0.25, 0.3) is 0 Å². The van der Waals surface area contributed by atoms with Gasteiger partial charge in [-0.3, -0.25) is 4.79 Å². The molecule has 1 aromatic carbocycles. The van der Waals surface area contributed by atoms with Crippen LogP contribution in [0.25, 0.3) is 10.2 Å². The van der Waals surface area contributed by atoms with E-state index in [1.165, 1.54) is 4.70 Å². The summed E-state index contributed by atoms with van der Waals surface area (Å²) in [5.41, 5.74) is 6.88. The van der Waals surface area contributed by atoms with E-state index >= 15 is 0 Å². The molecule has 0 saturated heterocycles. The van der Waals surface area contributed by atoms with Gasteiger partial charge in [0.1, 0.15) is 0 Å². The highest BCUT2D eigenvalue weighted by atomic mass is 32.1. The number of thiazole rings is 1. The monoisotopic (exact) mass is 357 g/mol. The Labute approximate surface area is 153 Å². The fourth-order valence-corrected chi connectivity index (χ4v) is 4.58. The van der Waals surface area contributed by atoms with Crippen molar-refractivity contribution in [1.29, 1.82) is 0 Å². The Kier molecular flexibility index (Phi) is 6.21. The molecule has 0 radical (unpaired) electrons. The first kappa shape index (κ1) is 18.1. The Morgan fingerprint density at radius 2 is 2.16 bits per heavy atom. The minimum Gasteiger partial charge on any atom is -0.352 e. The molecule has 3 atom stereocenters. The highest BCUT2D eigenvalue weighted by Gasteiger charge is 2.33. The molecule has 1 heterocycles. The van der Waals surface area contributed by atoms with Crippen molar-refractivity contribution in [3.8, 4) is 0 Å². The lowest BCUT2D eigenvalue weighted by molar-refractivity contribution is -0.126. The lowest BCUT2D eigenvalue weighted by Crippen LogP contribution is -2.44. The van der Waals surface area contributed by atoms with Gasteiger partial charge in [0.05, 0.1) is 21.1 Å². The van der Waals surface area contributed by atoms with E-state index in [2.05, 4.69) is 30.5 Å².